The fourth-order valence-corrected chi connectivity index (χ4v) is 1.48. The van der Waals surface area contributed by atoms with Crippen LogP contribution in [-0.2, 0) is 0 Å². The highest BCUT2D eigenvalue weighted by atomic mass is 16.1. The van der Waals surface area contributed by atoms with Gasteiger partial charge in [0.05, 0.1) is 5.39 Å². The van der Waals surface area contributed by atoms with Crippen LogP contribution < -0.4 is 11.3 Å². The van der Waals surface area contributed by atoms with Crippen LogP contribution in [0, 0.1) is 0 Å². The smallest absolute Gasteiger partial charge is 0.261 e. The van der Waals surface area contributed by atoms with Crippen LogP contribution in [-0.4, -0.2) is 14.5 Å². The van der Waals surface area contributed by atoms with E-state index in [1.165, 1.54) is 0 Å². The average molecular weight is 192 g/mol. The molecule has 0 aliphatic carbocycles. The summed E-state index contributed by atoms with van der Waals surface area (Å²) >= 11 is 0. The zero-order valence-corrected chi connectivity index (χ0v) is 8.11. The molecule has 5 heteroatoms. The van der Waals surface area contributed by atoms with Crippen LogP contribution in [0.3, 0.4) is 0 Å². The lowest BCUT2D eigenvalue weighted by atomic mass is 10.4. The summed E-state index contributed by atoms with van der Waals surface area (Å²) in [6, 6.07) is 2.02. The minimum atomic E-state index is -0.188. The Morgan fingerprint density at radius 3 is 2.93 bits per heavy atom. The maximum Gasteiger partial charge on any atom is 0.261 e. The Balaban J connectivity index is 2.85. The summed E-state index contributed by atoms with van der Waals surface area (Å²) in [5.74, 6) is 0.156. The van der Waals surface area contributed by atoms with Gasteiger partial charge in [-0.15, -0.1) is 0 Å². The van der Waals surface area contributed by atoms with Crippen LogP contribution in [0.1, 0.15) is 19.9 Å². The monoisotopic (exact) mass is 192 g/mol. The van der Waals surface area contributed by atoms with E-state index >= 15 is 0 Å². The van der Waals surface area contributed by atoms with Gasteiger partial charge in [0.15, 0.2) is 0 Å². The van der Waals surface area contributed by atoms with Gasteiger partial charge in [0.25, 0.3) is 5.56 Å². The van der Waals surface area contributed by atoms with Gasteiger partial charge in [-0.25, -0.2) is 0 Å². The van der Waals surface area contributed by atoms with Gasteiger partial charge in [-0.2, -0.15) is 4.98 Å². The van der Waals surface area contributed by atoms with E-state index in [4.69, 9.17) is 5.73 Å². The highest BCUT2D eigenvalue weighted by molar-refractivity contribution is 5.76. The number of aromatic amines is 1. The molecule has 0 fully saturated rings. The molecule has 0 spiro atoms. The molecule has 0 aliphatic heterocycles. The van der Waals surface area contributed by atoms with Crippen LogP contribution in [0.25, 0.3) is 11.0 Å². The first-order valence-corrected chi connectivity index (χ1v) is 4.46. The minimum absolute atomic E-state index is 0.156. The van der Waals surface area contributed by atoms with Gasteiger partial charge in [-0.05, 0) is 19.9 Å². The largest absolute Gasteiger partial charge is 0.369 e. The van der Waals surface area contributed by atoms with Crippen LogP contribution in [0.5, 0.6) is 0 Å². The van der Waals surface area contributed by atoms with Gasteiger partial charge >= 0.3 is 0 Å². The number of fused-ring (bicyclic) bond motifs is 1. The van der Waals surface area contributed by atoms with Crippen molar-refractivity contribution in [2.24, 2.45) is 0 Å². The molecule has 0 bridgehead atoms. The molecule has 0 atom stereocenters. The summed E-state index contributed by atoms with van der Waals surface area (Å²) in [6.07, 6.45) is 1.84. The van der Waals surface area contributed by atoms with Crippen molar-refractivity contribution in [3.63, 3.8) is 0 Å². The van der Waals surface area contributed by atoms with Crippen molar-refractivity contribution in [1.82, 2.24) is 14.5 Å². The summed E-state index contributed by atoms with van der Waals surface area (Å²) in [6.45, 7) is 4.05. The summed E-state index contributed by atoms with van der Waals surface area (Å²) in [4.78, 5) is 18.0. The van der Waals surface area contributed by atoms with E-state index < -0.39 is 0 Å². The van der Waals surface area contributed by atoms with Gasteiger partial charge in [0.1, 0.15) is 5.65 Å². The third-order valence-electron chi connectivity index (χ3n) is 2.16. The van der Waals surface area contributed by atoms with E-state index in [1.807, 2.05) is 24.6 Å². The van der Waals surface area contributed by atoms with E-state index in [0.717, 1.165) is 0 Å². The molecular formula is C9H12N4O. The third kappa shape index (κ3) is 1.17. The normalized spacial score (nSPS) is 11.4. The molecule has 14 heavy (non-hydrogen) atoms. The van der Waals surface area contributed by atoms with Crippen LogP contribution >= 0.6 is 0 Å². The number of H-pyrrole nitrogens is 1. The zero-order chi connectivity index (χ0) is 10.3. The first-order chi connectivity index (χ1) is 6.59. The quantitative estimate of drug-likeness (QED) is 0.704. The molecule has 0 saturated heterocycles. The van der Waals surface area contributed by atoms with Crippen LogP contribution in [0.2, 0.25) is 0 Å². The SMILES string of the molecule is CC(C)n1ccc2c(=O)[nH]c(N)nc21. The second kappa shape index (κ2) is 2.87. The molecule has 0 radical (unpaired) electrons. The number of hydrogen-bond acceptors (Lipinski definition) is 3. The molecule has 2 rings (SSSR count). The molecule has 0 aromatic carbocycles. The Morgan fingerprint density at radius 1 is 1.57 bits per heavy atom. The molecule has 0 aliphatic rings. The molecule has 0 unspecified atom stereocenters. The van der Waals surface area contributed by atoms with Gasteiger partial charge in [0, 0.05) is 12.2 Å². The van der Waals surface area contributed by atoms with Gasteiger partial charge in [-0.3, -0.25) is 9.78 Å². The summed E-state index contributed by atoms with van der Waals surface area (Å²) in [7, 11) is 0. The van der Waals surface area contributed by atoms with Crippen LogP contribution in [0.4, 0.5) is 5.95 Å². The van der Waals surface area contributed by atoms with Crippen molar-refractivity contribution < 1.29 is 0 Å². The first kappa shape index (κ1) is 8.80. The number of aromatic nitrogens is 3. The number of nitrogens with one attached hydrogen (secondary N) is 1. The number of rotatable bonds is 1. The molecular weight excluding hydrogens is 180 g/mol. The Bertz CT molecular complexity index is 523. The molecule has 3 N–H and O–H groups in total. The number of hydrogen-bond donors (Lipinski definition) is 2. The van der Waals surface area contributed by atoms with Gasteiger partial charge < -0.3 is 10.3 Å². The van der Waals surface area contributed by atoms with Crippen molar-refractivity contribution in [2.45, 2.75) is 19.9 Å². The van der Waals surface area contributed by atoms with Crippen LogP contribution in [0.15, 0.2) is 17.1 Å². The van der Waals surface area contributed by atoms with E-state index in [0.29, 0.717) is 11.0 Å². The number of anilines is 1. The van der Waals surface area contributed by atoms with E-state index in [1.54, 1.807) is 6.07 Å². The number of nitrogens with zero attached hydrogens (tertiary/aromatic N) is 2. The Morgan fingerprint density at radius 2 is 2.29 bits per heavy atom. The van der Waals surface area contributed by atoms with Gasteiger partial charge in [-0.1, -0.05) is 0 Å². The molecule has 2 aromatic rings. The lowest BCUT2D eigenvalue weighted by Gasteiger charge is -2.07. The maximum absolute atomic E-state index is 11.4. The Hall–Kier alpha value is -1.78. The summed E-state index contributed by atoms with van der Waals surface area (Å²) < 4.78 is 1.92. The topological polar surface area (TPSA) is 76.7 Å². The van der Waals surface area contributed by atoms with Crippen molar-refractivity contribution in [3.05, 3.63) is 22.6 Å². The highest BCUT2D eigenvalue weighted by Gasteiger charge is 2.08. The fourth-order valence-electron chi connectivity index (χ4n) is 1.48. The van der Waals surface area contributed by atoms with Gasteiger partial charge in [0.2, 0.25) is 5.95 Å². The Labute approximate surface area is 80.6 Å². The lowest BCUT2D eigenvalue weighted by molar-refractivity contribution is 0.618. The number of nitrogens with two attached hydrogens (primary N) is 1. The maximum atomic E-state index is 11.4. The van der Waals surface area contributed by atoms with Crippen molar-refractivity contribution in [2.75, 3.05) is 5.73 Å². The Kier molecular flexibility index (Phi) is 1.80. The molecule has 0 saturated carbocycles. The second-order valence-corrected chi connectivity index (χ2v) is 3.51. The molecule has 74 valence electrons. The molecule has 5 nitrogen and oxygen atoms in total. The van der Waals surface area contributed by atoms with E-state index in [-0.39, 0.29) is 17.5 Å². The molecule has 2 aromatic heterocycles. The van der Waals surface area contributed by atoms with Crippen molar-refractivity contribution in [1.29, 1.82) is 0 Å². The lowest BCUT2D eigenvalue weighted by Crippen LogP contribution is -2.12. The fraction of sp³-hybridized carbons (Fsp3) is 0.333. The standard InChI is InChI=1S/C9H12N4O/c1-5(2)13-4-3-6-7(13)11-9(10)12-8(6)14/h3-5H,1-2H3,(H3,10,11,12,14). The third-order valence-corrected chi connectivity index (χ3v) is 2.16. The van der Waals surface area contributed by atoms with Crippen molar-refractivity contribution >= 4 is 17.0 Å². The van der Waals surface area contributed by atoms with E-state index in [2.05, 4.69) is 9.97 Å². The van der Waals surface area contributed by atoms with E-state index in [9.17, 15) is 4.79 Å². The highest BCUT2D eigenvalue weighted by Crippen LogP contribution is 2.14. The average Bonchev–Trinajstić information content (AvgIpc) is 2.47. The van der Waals surface area contributed by atoms with Crippen molar-refractivity contribution in [3.8, 4) is 0 Å². The molecule has 2 heterocycles. The number of nitrogen functional groups attached to an aromatic ring is 1. The summed E-state index contributed by atoms with van der Waals surface area (Å²) in [5.41, 5.74) is 5.92. The predicted molar refractivity (Wildman–Crippen MR) is 55.2 cm³/mol. The minimum Gasteiger partial charge on any atom is -0.369 e. The summed E-state index contributed by atoms with van der Waals surface area (Å²) in [5, 5.41) is 0.577. The predicted octanol–water partition coefficient (Wildman–Crippen LogP) is 0.888. The first-order valence-electron chi connectivity index (χ1n) is 4.46. The molecule has 0 amide bonds. The zero-order valence-electron chi connectivity index (χ0n) is 8.11. The second-order valence-electron chi connectivity index (χ2n) is 3.51.